The van der Waals surface area contributed by atoms with E-state index in [0.29, 0.717) is 24.5 Å². The summed E-state index contributed by atoms with van der Waals surface area (Å²) in [6.07, 6.45) is 2.00. The van der Waals surface area contributed by atoms with Crippen molar-refractivity contribution in [3.63, 3.8) is 0 Å². The molecule has 1 aliphatic rings. The number of fused-ring (bicyclic) bond motifs is 1. The van der Waals surface area contributed by atoms with Gasteiger partial charge in [0.05, 0.1) is 13.2 Å². The summed E-state index contributed by atoms with van der Waals surface area (Å²) in [5, 5.41) is 2.94. The number of urea groups is 1. The molecule has 0 saturated carbocycles. The zero-order valence-corrected chi connectivity index (χ0v) is 14.9. The van der Waals surface area contributed by atoms with Crippen LogP contribution in [0, 0.1) is 5.82 Å². The second-order valence-corrected chi connectivity index (χ2v) is 6.44. The maximum absolute atomic E-state index is 13.4. The third kappa shape index (κ3) is 3.38. The third-order valence-corrected chi connectivity index (χ3v) is 4.81. The number of halogens is 1. The van der Waals surface area contributed by atoms with Crippen LogP contribution in [0.1, 0.15) is 17.3 Å². The van der Waals surface area contributed by atoms with Crippen LogP contribution in [-0.2, 0) is 6.54 Å². The summed E-state index contributed by atoms with van der Waals surface area (Å²) >= 11 is 0. The van der Waals surface area contributed by atoms with Crippen molar-refractivity contribution in [3.05, 3.63) is 83.9 Å². The first-order valence-electron chi connectivity index (χ1n) is 8.78. The Hall–Kier alpha value is -3.28. The van der Waals surface area contributed by atoms with Gasteiger partial charge < -0.3 is 19.5 Å². The number of aromatic nitrogens is 1. The van der Waals surface area contributed by atoms with Gasteiger partial charge in [0.2, 0.25) is 0 Å². The number of amides is 2. The van der Waals surface area contributed by atoms with E-state index in [1.54, 1.807) is 30.2 Å². The lowest BCUT2D eigenvalue weighted by molar-refractivity contribution is 0.182. The molecule has 1 atom stereocenters. The van der Waals surface area contributed by atoms with Crippen LogP contribution in [0.2, 0.25) is 0 Å². The molecule has 138 valence electrons. The smallest absolute Gasteiger partial charge is 0.322 e. The summed E-state index contributed by atoms with van der Waals surface area (Å²) in [7, 11) is 1.59. The van der Waals surface area contributed by atoms with Crippen molar-refractivity contribution in [2.75, 3.05) is 19.0 Å². The zero-order chi connectivity index (χ0) is 18.8. The average molecular weight is 365 g/mol. The molecule has 1 aromatic heterocycles. The Labute approximate surface area is 157 Å². The van der Waals surface area contributed by atoms with Gasteiger partial charge in [-0.05, 0) is 42.0 Å². The van der Waals surface area contributed by atoms with Gasteiger partial charge in [-0.25, -0.2) is 9.18 Å². The molecule has 0 radical (unpaired) electrons. The monoisotopic (exact) mass is 365 g/mol. The number of nitrogens with one attached hydrogen (secondary N) is 1. The van der Waals surface area contributed by atoms with Crippen molar-refractivity contribution < 1.29 is 13.9 Å². The van der Waals surface area contributed by atoms with E-state index in [1.165, 1.54) is 12.1 Å². The lowest BCUT2D eigenvalue weighted by Crippen LogP contribution is -2.44. The van der Waals surface area contributed by atoms with E-state index in [0.717, 1.165) is 11.3 Å². The van der Waals surface area contributed by atoms with Gasteiger partial charge in [-0.2, -0.15) is 0 Å². The predicted octanol–water partition coefficient (Wildman–Crippen LogP) is 4.27. The first kappa shape index (κ1) is 17.1. The lowest BCUT2D eigenvalue weighted by atomic mass is 10.0. The maximum atomic E-state index is 13.4. The van der Waals surface area contributed by atoms with Crippen LogP contribution in [0.5, 0.6) is 5.75 Å². The van der Waals surface area contributed by atoms with Crippen molar-refractivity contribution in [1.29, 1.82) is 0 Å². The highest BCUT2D eigenvalue weighted by atomic mass is 19.1. The minimum absolute atomic E-state index is 0.204. The molecule has 1 aliphatic heterocycles. The zero-order valence-electron chi connectivity index (χ0n) is 14.9. The van der Waals surface area contributed by atoms with Gasteiger partial charge in [0.25, 0.3) is 0 Å². The van der Waals surface area contributed by atoms with E-state index >= 15 is 0 Å². The molecule has 2 heterocycles. The minimum atomic E-state index is -0.294. The number of methoxy groups -OCH3 is 1. The molecule has 4 rings (SSSR count). The van der Waals surface area contributed by atoms with Gasteiger partial charge in [0, 0.05) is 36.7 Å². The number of anilines is 1. The molecule has 2 amide bonds. The number of carbonyl (C=O) groups excluding carboxylic acids is 1. The van der Waals surface area contributed by atoms with Crippen molar-refractivity contribution >= 4 is 11.7 Å². The number of nitrogens with zero attached hydrogens (tertiary/aromatic N) is 2. The van der Waals surface area contributed by atoms with Gasteiger partial charge >= 0.3 is 6.03 Å². The molecule has 0 aliphatic carbocycles. The van der Waals surface area contributed by atoms with E-state index in [4.69, 9.17) is 4.74 Å². The van der Waals surface area contributed by atoms with Crippen LogP contribution < -0.4 is 10.1 Å². The summed E-state index contributed by atoms with van der Waals surface area (Å²) in [4.78, 5) is 14.8. The molecule has 2 aromatic carbocycles. The van der Waals surface area contributed by atoms with E-state index in [9.17, 15) is 9.18 Å². The first-order valence-corrected chi connectivity index (χ1v) is 8.78. The molecule has 1 N–H and O–H groups in total. The number of benzene rings is 2. The third-order valence-electron chi connectivity index (χ3n) is 4.81. The van der Waals surface area contributed by atoms with Crippen molar-refractivity contribution in [2.24, 2.45) is 0 Å². The largest absolute Gasteiger partial charge is 0.497 e. The Morgan fingerprint density at radius 2 is 1.93 bits per heavy atom. The standard InChI is InChI=1S/C21H20FN3O2/c1-27-18-5-2-4-17(14-18)23-21(26)25-13-12-24-11-3-6-19(24)20(25)15-7-9-16(22)10-8-15/h2-11,14,20H,12-13H2,1H3,(H,23,26)/t20-/m0/s1. The van der Waals surface area contributed by atoms with E-state index in [2.05, 4.69) is 9.88 Å². The number of rotatable bonds is 3. The summed E-state index contributed by atoms with van der Waals surface area (Å²) in [5.74, 6) is 0.382. The molecular weight excluding hydrogens is 345 g/mol. The molecule has 0 fully saturated rings. The maximum Gasteiger partial charge on any atom is 0.322 e. The fourth-order valence-electron chi connectivity index (χ4n) is 3.49. The Morgan fingerprint density at radius 3 is 2.70 bits per heavy atom. The molecule has 3 aromatic rings. The van der Waals surface area contributed by atoms with Crippen LogP contribution in [0.25, 0.3) is 0 Å². The first-order chi connectivity index (χ1) is 13.2. The highest BCUT2D eigenvalue weighted by molar-refractivity contribution is 5.90. The number of ether oxygens (including phenoxy) is 1. The summed E-state index contributed by atoms with van der Waals surface area (Å²) in [5.41, 5.74) is 2.55. The minimum Gasteiger partial charge on any atom is -0.497 e. The Balaban J connectivity index is 1.65. The van der Waals surface area contributed by atoms with Crippen LogP contribution >= 0.6 is 0 Å². The van der Waals surface area contributed by atoms with Gasteiger partial charge in [0.1, 0.15) is 11.6 Å². The quantitative estimate of drug-likeness (QED) is 0.753. The van der Waals surface area contributed by atoms with Crippen LogP contribution in [0.3, 0.4) is 0 Å². The fourth-order valence-corrected chi connectivity index (χ4v) is 3.49. The number of hydrogen-bond acceptors (Lipinski definition) is 2. The Bertz CT molecular complexity index is 952. The van der Waals surface area contributed by atoms with Gasteiger partial charge in [0.15, 0.2) is 0 Å². The van der Waals surface area contributed by atoms with Gasteiger partial charge in [-0.3, -0.25) is 0 Å². The summed E-state index contributed by atoms with van der Waals surface area (Å²) < 4.78 is 20.7. The highest BCUT2D eigenvalue weighted by Crippen LogP contribution is 2.33. The van der Waals surface area contributed by atoms with Gasteiger partial charge in [-0.1, -0.05) is 18.2 Å². The lowest BCUT2D eigenvalue weighted by Gasteiger charge is -2.37. The average Bonchev–Trinajstić information content (AvgIpc) is 3.17. The summed E-state index contributed by atoms with van der Waals surface area (Å²) in [6.45, 7) is 1.27. The van der Waals surface area contributed by atoms with E-state index in [1.807, 2.05) is 36.5 Å². The SMILES string of the molecule is COc1cccc(NC(=O)N2CCn3cccc3[C@@H]2c2ccc(F)cc2)c1. The van der Waals surface area contributed by atoms with E-state index in [-0.39, 0.29) is 17.9 Å². The molecule has 0 bridgehead atoms. The normalized spacial score (nSPS) is 15.9. The highest BCUT2D eigenvalue weighted by Gasteiger charge is 2.32. The summed E-state index contributed by atoms with van der Waals surface area (Å²) in [6, 6.07) is 17.0. The molecule has 0 unspecified atom stereocenters. The molecule has 0 spiro atoms. The van der Waals surface area contributed by atoms with Crippen LogP contribution in [0.4, 0.5) is 14.9 Å². The molecule has 5 nitrogen and oxygen atoms in total. The number of hydrogen-bond donors (Lipinski definition) is 1. The topological polar surface area (TPSA) is 46.5 Å². The molecule has 27 heavy (non-hydrogen) atoms. The Kier molecular flexibility index (Phi) is 4.54. The number of carbonyl (C=O) groups is 1. The molecular formula is C21H20FN3O2. The van der Waals surface area contributed by atoms with Crippen molar-refractivity contribution in [3.8, 4) is 5.75 Å². The second-order valence-electron chi connectivity index (χ2n) is 6.44. The van der Waals surface area contributed by atoms with Crippen molar-refractivity contribution in [1.82, 2.24) is 9.47 Å². The second kappa shape index (κ2) is 7.15. The van der Waals surface area contributed by atoms with Crippen LogP contribution in [0.15, 0.2) is 66.9 Å². The van der Waals surface area contributed by atoms with E-state index < -0.39 is 0 Å². The molecule has 0 saturated heterocycles. The van der Waals surface area contributed by atoms with Crippen LogP contribution in [-0.4, -0.2) is 29.2 Å². The van der Waals surface area contributed by atoms with Gasteiger partial charge in [-0.15, -0.1) is 0 Å². The Morgan fingerprint density at radius 1 is 1.11 bits per heavy atom. The molecule has 6 heteroatoms. The van der Waals surface area contributed by atoms with Crippen molar-refractivity contribution in [2.45, 2.75) is 12.6 Å². The fraction of sp³-hybridized carbons (Fsp3) is 0.190. The predicted molar refractivity (Wildman–Crippen MR) is 101 cm³/mol.